The van der Waals surface area contributed by atoms with Crippen molar-refractivity contribution in [3.63, 3.8) is 0 Å². The van der Waals surface area contributed by atoms with Crippen LogP contribution in [0, 0.1) is 0 Å². The van der Waals surface area contributed by atoms with E-state index < -0.39 is 7.92 Å². The van der Waals surface area contributed by atoms with E-state index in [1.54, 1.807) is 5.31 Å². The summed E-state index contributed by atoms with van der Waals surface area (Å²) in [4.78, 5) is 2.59. The Bertz CT molecular complexity index is 1010. The van der Waals surface area contributed by atoms with Gasteiger partial charge in [0.25, 0.3) is 0 Å². The molecule has 0 N–H and O–H groups in total. The summed E-state index contributed by atoms with van der Waals surface area (Å²) < 4.78 is 5.70. The smallest absolute Gasteiger partial charge is 0.0642 e. The molecule has 2 nitrogen and oxygen atoms in total. The van der Waals surface area contributed by atoms with E-state index in [0.717, 1.165) is 39.1 Å². The summed E-state index contributed by atoms with van der Waals surface area (Å²) >= 11 is 0. The first kappa shape index (κ1) is 20.2. The molecule has 0 bridgehead atoms. The molecule has 156 valence electrons. The van der Waals surface area contributed by atoms with Crippen LogP contribution >= 0.6 is 7.92 Å². The van der Waals surface area contributed by atoms with Gasteiger partial charge >= 0.3 is 0 Å². The van der Waals surface area contributed by atoms with E-state index in [1.165, 1.54) is 27.4 Å². The fourth-order valence-electron chi connectivity index (χ4n) is 4.57. The van der Waals surface area contributed by atoms with Gasteiger partial charge in [-0.3, -0.25) is 0 Å². The highest BCUT2D eigenvalue weighted by molar-refractivity contribution is 7.76. The summed E-state index contributed by atoms with van der Waals surface area (Å²) in [7, 11) is -0.561. The van der Waals surface area contributed by atoms with Crippen molar-refractivity contribution in [3.05, 3.63) is 113 Å². The van der Waals surface area contributed by atoms with Gasteiger partial charge in [-0.05, 0) is 53.9 Å². The molecule has 0 radical (unpaired) electrons. The Morgan fingerprint density at radius 2 is 1.23 bits per heavy atom. The topological polar surface area (TPSA) is 12.5 Å². The molecule has 0 atom stereocenters. The summed E-state index contributed by atoms with van der Waals surface area (Å²) in [5.74, 6) is 0. The third-order valence-electron chi connectivity index (χ3n) is 5.98. The number of morpholine rings is 1. The fraction of sp³-hybridized carbons (Fsp3) is 0.214. The normalized spacial score (nSPS) is 18.2. The first-order valence-corrected chi connectivity index (χ1v) is 12.5. The third-order valence-corrected chi connectivity index (χ3v) is 8.58. The maximum Gasteiger partial charge on any atom is 0.0642 e. The molecule has 5 rings (SSSR count). The molecule has 0 spiro atoms. The van der Waals surface area contributed by atoms with Crippen molar-refractivity contribution in [2.24, 2.45) is 0 Å². The summed E-state index contributed by atoms with van der Waals surface area (Å²) in [6, 6.07) is 32.9. The number of hydrogen-bond donors (Lipinski definition) is 0. The Morgan fingerprint density at radius 1 is 0.677 bits per heavy atom. The number of ether oxygens (including phenoxy) is 1. The zero-order chi connectivity index (χ0) is 20.9. The van der Waals surface area contributed by atoms with Crippen LogP contribution in [-0.2, 0) is 4.74 Å². The van der Waals surface area contributed by atoms with Gasteiger partial charge in [-0.1, -0.05) is 91.0 Å². The minimum absolute atomic E-state index is 0.561. The van der Waals surface area contributed by atoms with Crippen LogP contribution in [-0.4, -0.2) is 31.2 Å². The van der Waals surface area contributed by atoms with Gasteiger partial charge in [-0.15, -0.1) is 0 Å². The highest BCUT2D eigenvalue weighted by atomic mass is 31.1. The summed E-state index contributed by atoms with van der Waals surface area (Å²) in [6.07, 6.45) is 4.64. The predicted molar refractivity (Wildman–Crippen MR) is 132 cm³/mol. The standard InChI is InChI=1S/C28H28NOP/c1-4-10-23(11-5-1)22-24-16-17-27(28(24)29-18-20-30-21-19-29)31(25-12-6-2-7-13-25)26-14-8-3-9-15-26/h1-15,22H,16-21H2/b24-22+. The van der Waals surface area contributed by atoms with E-state index in [4.69, 9.17) is 4.74 Å². The number of allylic oxidation sites excluding steroid dienone is 2. The largest absolute Gasteiger partial charge is 0.378 e. The Kier molecular flexibility index (Phi) is 6.30. The van der Waals surface area contributed by atoms with Crippen molar-refractivity contribution in [3.8, 4) is 0 Å². The van der Waals surface area contributed by atoms with E-state index in [0.29, 0.717) is 0 Å². The minimum Gasteiger partial charge on any atom is -0.378 e. The maximum atomic E-state index is 5.70. The molecule has 0 aromatic heterocycles. The lowest BCUT2D eigenvalue weighted by atomic mass is 10.1. The van der Waals surface area contributed by atoms with Crippen molar-refractivity contribution >= 4 is 24.6 Å². The van der Waals surface area contributed by atoms with E-state index >= 15 is 0 Å². The molecular formula is C28H28NOP. The molecule has 1 fully saturated rings. The monoisotopic (exact) mass is 425 g/mol. The number of nitrogens with zero attached hydrogens (tertiary/aromatic N) is 1. The molecule has 3 aromatic carbocycles. The zero-order valence-corrected chi connectivity index (χ0v) is 18.7. The van der Waals surface area contributed by atoms with Crippen LogP contribution in [0.3, 0.4) is 0 Å². The molecule has 3 aromatic rings. The number of benzene rings is 3. The highest BCUT2D eigenvalue weighted by Gasteiger charge is 2.31. The number of hydrogen-bond acceptors (Lipinski definition) is 2. The van der Waals surface area contributed by atoms with Gasteiger partial charge in [0, 0.05) is 18.8 Å². The van der Waals surface area contributed by atoms with Crippen LogP contribution < -0.4 is 10.6 Å². The van der Waals surface area contributed by atoms with Gasteiger partial charge in [-0.2, -0.15) is 0 Å². The van der Waals surface area contributed by atoms with E-state index in [9.17, 15) is 0 Å². The summed E-state index contributed by atoms with van der Waals surface area (Å²) in [6.45, 7) is 3.56. The Balaban J connectivity index is 1.66. The molecule has 2 aliphatic rings. The first-order chi connectivity index (χ1) is 15.4. The van der Waals surface area contributed by atoms with Gasteiger partial charge in [-0.25, -0.2) is 0 Å². The fourth-order valence-corrected chi connectivity index (χ4v) is 7.27. The molecule has 31 heavy (non-hydrogen) atoms. The van der Waals surface area contributed by atoms with E-state index in [2.05, 4.69) is 102 Å². The average Bonchev–Trinajstić information content (AvgIpc) is 3.25. The van der Waals surface area contributed by atoms with Gasteiger partial charge in [0.15, 0.2) is 0 Å². The second kappa shape index (κ2) is 9.64. The van der Waals surface area contributed by atoms with Crippen molar-refractivity contribution < 1.29 is 4.74 Å². The van der Waals surface area contributed by atoms with Crippen LogP contribution in [0.5, 0.6) is 0 Å². The second-order valence-corrected chi connectivity index (χ2v) is 10.2. The zero-order valence-electron chi connectivity index (χ0n) is 17.8. The molecular weight excluding hydrogens is 397 g/mol. The van der Waals surface area contributed by atoms with Crippen molar-refractivity contribution in [2.75, 3.05) is 26.3 Å². The Labute approximate surface area is 186 Å². The third kappa shape index (κ3) is 4.51. The van der Waals surface area contributed by atoms with Crippen LogP contribution in [0.4, 0.5) is 0 Å². The first-order valence-electron chi connectivity index (χ1n) is 11.1. The molecule has 3 heteroatoms. The molecule has 0 unspecified atom stereocenters. The molecule has 1 aliphatic heterocycles. The summed E-state index contributed by atoms with van der Waals surface area (Å²) in [5, 5.41) is 4.48. The predicted octanol–water partition coefficient (Wildman–Crippen LogP) is 5.54. The van der Waals surface area contributed by atoms with E-state index in [1.807, 2.05) is 0 Å². The SMILES string of the molecule is C(=C1/CCC(P(c2ccccc2)c2ccccc2)=C1N1CCOCC1)/c1ccccc1. The van der Waals surface area contributed by atoms with Crippen LogP contribution in [0.15, 0.2) is 108 Å². The Morgan fingerprint density at radius 3 is 1.81 bits per heavy atom. The lowest BCUT2D eigenvalue weighted by Gasteiger charge is -2.33. The molecule has 0 amide bonds. The van der Waals surface area contributed by atoms with Gasteiger partial charge in [0.05, 0.1) is 13.2 Å². The summed E-state index contributed by atoms with van der Waals surface area (Å²) in [5.41, 5.74) is 4.24. The van der Waals surface area contributed by atoms with Crippen LogP contribution in [0.25, 0.3) is 6.08 Å². The van der Waals surface area contributed by atoms with Crippen molar-refractivity contribution in [2.45, 2.75) is 12.8 Å². The van der Waals surface area contributed by atoms with Gasteiger partial charge in [0.2, 0.25) is 0 Å². The highest BCUT2D eigenvalue weighted by Crippen LogP contribution is 2.53. The molecule has 0 saturated carbocycles. The average molecular weight is 426 g/mol. The minimum atomic E-state index is -0.561. The molecule has 1 aliphatic carbocycles. The van der Waals surface area contributed by atoms with Crippen molar-refractivity contribution in [1.82, 2.24) is 4.90 Å². The maximum absolute atomic E-state index is 5.70. The number of rotatable bonds is 5. The lowest BCUT2D eigenvalue weighted by Crippen LogP contribution is -2.36. The molecule has 1 saturated heterocycles. The van der Waals surface area contributed by atoms with Crippen LogP contribution in [0.2, 0.25) is 0 Å². The van der Waals surface area contributed by atoms with E-state index in [-0.39, 0.29) is 0 Å². The van der Waals surface area contributed by atoms with Crippen molar-refractivity contribution in [1.29, 1.82) is 0 Å². The van der Waals surface area contributed by atoms with Crippen LogP contribution in [0.1, 0.15) is 18.4 Å². The van der Waals surface area contributed by atoms with Gasteiger partial charge in [0.1, 0.15) is 0 Å². The quantitative estimate of drug-likeness (QED) is 0.498. The molecule has 1 heterocycles. The van der Waals surface area contributed by atoms with Gasteiger partial charge < -0.3 is 9.64 Å². The Hall–Kier alpha value is -2.67. The lowest BCUT2D eigenvalue weighted by molar-refractivity contribution is 0.0549. The second-order valence-electron chi connectivity index (χ2n) is 7.98.